The maximum atomic E-state index is 12.5. The number of rotatable bonds is 3. The normalized spacial score (nSPS) is 11.3. The summed E-state index contributed by atoms with van der Waals surface area (Å²) in [5.41, 5.74) is 2.41. The summed E-state index contributed by atoms with van der Waals surface area (Å²) in [4.78, 5) is 8.72. The van der Waals surface area contributed by atoms with Gasteiger partial charge in [-0.05, 0) is 22.2 Å². The highest BCUT2D eigenvalue weighted by Gasteiger charge is 2.13. The minimum atomic E-state index is 0.0533. The first kappa shape index (κ1) is 12.9. The van der Waals surface area contributed by atoms with Crippen molar-refractivity contribution in [3.8, 4) is 11.3 Å². The van der Waals surface area contributed by atoms with Gasteiger partial charge in [0.2, 0.25) is 0 Å². The summed E-state index contributed by atoms with van der Waals surface area (Å²) >= 11 is 4.95. The van der Waals surface area contributed by atoms with Crippen molar-refractivity contribution in [2.75, 3.05) is 6.26 Å². The Balaban J connectivity index is 2.22. The summed E-state index contributed by atoms with van der Waals surface area (Å²) in [5.74, 6) is 0. The van der Waals surface area contributed by atoms with E-state index in [2.05, 4.69) is 31.0 Å². The van der Waals surface area contributed by atoms with Crippen LogP contribution >= 0.6 is 40.0 Å². The van der Waals surface area contributed by atoms with Gasteiger partial charge in [0.05, 0.1) is 18.1 Å². The number of hydrogen-bond donors (Lipinski definition) is 0. The molecule has 0 aliphatic carbocycles. The SMILES string of the molecule is CSc1nc(Br)cn2c(-c3cnn(SF)c3)cnc12. The molecule has 0 radical (unpaired) electrons. The molecule has 0 fully saturated rings. The summed E-state index contributed by atoms with van der Waals surface area (Å²) < 4.78 is 16.2. The van der Waals surface area contributed by atoms with Crippen LogP contribution in [0.25, 0.3) is 16.9 Å². The number of halogens is 2. The van der Waals surface area contributed by atoms with Crippen LogP contribution in [0.4, 0.5) is 3.89 Å². The molecule has 3 aromatic heterocycles. The third-order valence-corrected chi connectivity index (χ3v) is 3.94. The van der Waals surface area contributed by atoms with E-state index in [1.54, 1.807) is 18.6 Å². The Morgan fingerprint density at radius 1 is 1.32 bits per heavy atom. The van der Waals surface area contributed by atoms with Crippen LogP contribution in [0.1, 0.15) is 0 Å². The van der Waals surface area contributed by atoms with Gasteiger partial charge in [0, 0.05) is 18.0 Å². The molecule has 0 atom stereocenters. The smallest absolute Gasteiger partial charge is 0.187 e. The van der Waals surface area contributed by atoms with Gasteiger partial charge in [-0.15, -0.1) is 15.6 Å². The molecule has 0 aromatic carbocycles. The fourth-order valence-electron chi connectivity index (χ4n) is 1.76. The molecule has 0 unspecified atom stereocenters. The van der Waals surface area contributed by atoms with E-state index in [9.17, 15) is 3.89 Å². The number of hydrogen-bond acceptors (Lipinski definition) is 5. The Labute approximate surface area is 125 Å². The van der Waals surface area contributed by atoms with E-state index in [1.165, 1.54) is 11.8 Å². The van der Waals surface area contributed by atoms with Crippen LogP contribution in [0.2, 0.25) is 0 Å². The van der Waals surface area contributed by atoms with Crippen LogP contribution in [-0.4, -0.2) is 29.8 Å². The highest BCUT2D eigenvalue weighted by molar-refractivity contribution is 9.10. The van der Waals surface area contributed by atoms with Crippen molar-refractivity contribution >= 4 is 45.7 Å². The van der Waals surface area contributed by atoms with E-state index in [1.807, 2.05) is 16.9 Å². The van der Waals surface area contributed by atoms with Crippen LogP contribution in [-0.2, 0) is 0 Å². The van der Waals surface area contributed by atoms with Crippen molar-refractivity contribution in [1.82, 2.24) is 23.6 Å². The lowest BCUT2D eigenvalue weighted by Crippen LogP contribution is -1.93. The van der Waals surface area contributed by atoms with Crippen molar-refractivity contribution in [2.45, 2.75) is 5.03 Å². The van der Waals surface area contributed by atoms with E-state index >= 15 is 0 Å². The van der Waals surface area contributed by atoms with E-state index in [-0.39, 0.29) is 12.3 Å². The Kier molecular flexibility index (Phi) is 3.50. The van der Waals surface area contributed by atoms with E-state index in [0.29, 0.717) is 0 Å². The van der Waals surface area contributed by atoms with Gasteiger partial charge < -0.3 is 0 Å². The zero-order valence-electron chi connectivity index (χ0n) is 9.62. The molecule has 19 heavy (non-hydrogen) atoms. The fourth-order valence-corrected chi connectivity index (χ4v) is 3.02. The molecule has 0 saturated carbocycles. The summed E-state index contributed by atoms with van der Waals surface area (Å²) in [6.07, 6.45) is 8.72. The summed E-state index contributed by atoms with van der Waals surface area (Å²) in [6.45, 7) is 0. The minimum Gasteiger partial charge on any atom is -0.295 e. The molecular weight excluding hydrogens is 353 g/mol. The molecule has 3 rings (SSSR count). The second-order valence-corrected chi connectivity index (χ2v) is 5.73. The molecule has 0 bridgehead atoms. The molecule has 0 aliphatic rings. The first-order valence-corrected chi connectivity index (χ1v) is 7.84. The van der Waals surface area contributed by atoms with Crippen LogP contribution in [0, 0.1) is 0 Å². The molecule has 0 spiro atoms. The number of fused-ring (bicyclic) bond motifs is 1. The lowest BCUT2D eigenvalue weighted by atomic mass is 10.3. The first-order chi connectivity index (χ1) is 9.22. The molecule has 0 N–H and O–H groups in total. The summed E-state index contributed by atoms with van der Waals surface area (Å²) in [6, 6.07) is 0. The Bertz CT molecular complexity index is 741. The Morgan fingerprint density at radius 3 is 2.84 bits per heavy atom. The zero-order valence-corrected chi connectivity index (χ0v) is 12.8. The largest absolute Gasteiger partial charge is 0.295 e. The second kappa shape index (κ2) is 5.14. The van der Waals surface area contributed by atoms with Crippen LogP contribution in [0.3, 0.4) is 0 Å². The molecule has 9 heteroatoms. The average Bonchev–Trinajstić information content (AvgIpc) is 3.03. The lowest BCUT2D eigenvalue weighted by molar-refractivity contribution is 0.878. The van der Waals surface area contributed by atoms with Crippen molar-refractivity contribution < 1.29 is 3.89 Å². The van der Waals surface area contributed by atoms with Crippen LogP contribution < -0.4 is 0 Å². The maximum absolute atomic E-state index is 12.5. The van der Waals surface area contributed by atoms with Gasteiger partial charge in [-0.3, -0.25) is 4.40 Å². The highest BCUT2D eigenvalue weighted by Crippen LogP contribution is 2.27. The van der Waals surface area contributed by atoms with Crippen molar-refractivity contribution in [3.05, 3.63) is 29.4 Å². The second-order valence-electron chi connectivity index (χ2n) is 3.61. The van der Waals surface area contributed by atoms with E-state index in [4.69, 9.17) is 0 Å². The van der Waals surface area contributed by atoms with Crippen LogP contribution in [0.15, 0.2) is 34.4 Å². The third kappa shape index (κ3) is 2.26. The van der Waals surface area contributed by atoms with Crippen molar-refractivity contribution in [1.29, 1.82) is 0 Å². The Morgan fingerprint density at radius 2 is 2.16 bits per heavy atom. The molecular formula is C10H7BrFN5S2. The van der Waals surface area contributed by atoms with Crippen molar-refractivity contribution in [2.24, 2.45) is 0 Å². The van der Waals surface area contributed by atoms with E-state index in [0.717, 1.165) is 30.6 Å². The minimum absolute atomic E-state index is 0.0533. The predicted molar refractivity (Wildman–Crippen MR) is 77.8 cm³/mol. The van der Waals surface area contributed by atoms with Gasteiger partial charge in [0.25, 0.3) is 0 Å². The number of imidazole rings is 1. The molecule has 98 valence electrons. The van der Waals surface area contributed by atoms with Crippen LogP contribution in [0.5, 0.6) is 0 Å². The molecule has 3 aromatic rings. The molecule has 3 heterocycles. The van der Waals surface area contributed by atoms with Gasteiger partial charge in [-0.2, -0.15) is 9.19 Å². The molecule has 0 amide bonds. The Hall–Kier alpha value is -1.06. The molecule has 0 aliphatic heterocycles. The van der Waals surface area contributed by atoms with Gasteiger partial charge in [-0.25, -0.2) is 9.97 Å². The van der Waals surface area contributed by atoms with E-state index < -0.39 is 0 Å². The third-order valence-electron chi connectivity index (χ3n) is 2.55. The number of aromatic nitrogens is 5. The number of thioether (sulfide) groups is 1. The monoisotopic (exact) mass is 359 g/mol. The standard InChI is InChI=1S/C10H7BrFN5S2/c1-18-10-9-13-3-7(16(9)5-8(11)15-10)6-2-14-17(4-6)19-12/h2-5H,1H3. The molecule has 5 nitrogen and oxygen atoms in total. The summed E-state index contributed by atoms with van der Waals surface area (Å²) in [7, 11) is 0. The first-order valence-electron chi connectivity index (χ1n) is 5.14. The lowest BCUT2D eigenvalue weighted by Gasteiger charge is -2.03. The number of nitrogens with zero attached hydrogens (tertiary/aromatic N) is 5. The fraction of sp³-hybridized carbons (Fsp3) is 0.100. The molecule has 0 saturated heterocycles. The van der Waals surface area contributed by atoms with Gasteiger partial charge in [0.15, 0.2) is 18.0 Å². The quantitative estimate of drug-likeness (QED) is 0.670. The van der Waals surface area contributed by atoms with Gasteiger partial charge >= 0.3 is 0 Å². The van der Waals surface area contributed by atoms with Gasteiger partial charge in [-0.1, -0.05) is 0 Å². The maximum Gasteiger partial charge on any atom is 0.187 e. The summed E-state index contributed by atoms with van der Waals surface area (Å²) in [5, 5.41) is 4.72. The van der Waals surface area contributed by atoms with Gasteiger partial charge in [0.1, 0.15) is 9.63 Å². The average molecular weight is 360 g/mol. The zero-order chi connectivity index (χ0) is 13.4. The topological polar surface area (TPSA) is 48.0 Å². The predicted octanol–water partition coefficient (Wildman–Crippen LogP) is 3.46. The van der Waals surface area contributed by atoms with Crippen molar-refractivity contribution in [3.63, 3.8) is 0 Å². The highest BCUT2D eigenvalue weighted by atomic mass is 79.9.